The van der Waals surface area contributed by atoms with Gasteiger partial charge in [-0.1, -0.05) is 47.1 Å². The van der Waals surface area contributed by atoms with E-state index >= 15 is 0 Å². The van der Waals surface area contributed by atoms with Gasteiger partial charge in [-0.2, -0.15) is 4.98 Å². The van der Waals surface area contributed by atoms with E-state index in [1.807, 2.05) is 18.2 Å². The van der Waals surface area contributed by atoms with E-state index in [-0.39, 0.29) is 23.3 Å². The Kier molecular flexibility index (Phi) is 4.42. The molecule has 1 aromatic heterocycles. The second kappa shape index (κ2) is 6.88. The molecule has 1 aliphatic heterocycles. The molecule has 7 heteroatoms. The van der Waals surface area contributed by atoms with Crippen molar-refractivity contribution in [2.45, 2.75) is 18.9 Å². The summed E-state index contributed by atoms with van der Waals surface area (Å²) in [6.45, 7) is 0.910. The molecule has 0 bridgehead atoms. The molecule has 0 spiro atoms. The molecule has 0 N–H and O–H groups in total. The molecule has 3 aromatic rings. The van der Waals surface area contributed by atoms with Crippen LogP contribution < -0.4 is 0 Å². The van der Waals surface area contributed by atoms with E-state index in [9.17, 15) is 9.18 Å². The topological polar surface area (TPSA) is 59.2 Å². The van der Waals surface area contributed by atoms with Crippen LogP contribution in [0.5, 0.6) is 0 Å². The van der Waals surface area contributed by atoms with Crippen molar-refractivity contribution in [1.29, 1.82) is 0 Å². The van der Waals surface area contributed by atoms with Crippen molar-refractivity contribution >= 4 is 17.5 Å². The third-order valence-corrected chi connectivity index (χ3v) is 4.81. The van der Waals surface area contributed by atoms with Gasteiger partial charge >= 0.3 is 0 Å². The first-order chi connectivity index (χ1) is 12.6. The van der Waals surface area contributed by atoms with Crippen LogP contribution in [-0.4, -0.2) is 27.5 Å². The third-order valence-electron chi connectivity index (χ3n) is 4.44. The van der Waals surface area contributed by atoms with Gasteiger partial charge in [0.25, 0.3) is 5.89 Å². The lowest BCUT2D eigenvalue weighted by Gasteiger charge is -2.16. The lowest BCUT2D eigenvalue weighted by atomic mass is 10.1. The molecule has 0 saturated carbocycles. The summed E-state index contributed by atoms with van der Waals surface area (Å²) in [7, 11) is 0. The number of hydrogen-bond acceptors (Lipinski definition) is 4. The van der Waals surface area contributed by atoms with Crippen LogP contribution in [0, 0.1) is 5.82 Å². The van der Waals surface area contributed by atoms with Gasteiger partial charge in [-0.15, -0.1) is 0 Å². The minimum Gasteiger partial charge on any atom is -0.338 e. The Bertz CT molecular complexity index is 959. The van der Waals surface area contributed by atoms with E-state index in [0.717, 1.165) is 5.56 Å². The average molecular weight is 372 g/mol. The van der Waals surface area contributed by atoms with Crippen molar-refractivity contribution in [2.24, 2.45) is 0 Å². The molecule has 1 saturated heterocycles. The van der Waals surface area contributed by atoms with Gasteiger partial charge in [0.05, 0.1) is 5.56 Å². The number of hydrogen-bond donors (Lipinski definition) is 0. The summed E-state index contributed by atoms with van der Waals surface area (Å²) in [5.74, 6) is -0.0691. The number of carbonyl (C=O) groups is 1. The Balaban J connectivity index is 1.51. The SMILES string of the molecule is O=C1CC(c2noc(-c3ccccc3F)n2)CN1Cc1ccccc1Cl. The second-order valence-electron chi connectivity index (χ2n) is 6.20. The Morgan fingerprint density at radius 1 is 1.19 bits per heavy atom. The maximum Gasteiger partial charge on any atom is 0.260 e. The number of nitrogens with zero attached hydrogens (tertiary/aromatic N) is 3. The Hall–Kier alpha value is -2.73. The van der Waals surface area contributed by atoms with Gasteiger partial charge in [-0.25, -0.2) is 4.39 Å². The molecule has 1 fully saturated rings. The number of rotatable bonds is 4. The van der Waals surface area contributed by atoms with Gasteiger partial charge in [0.1, 0.15) is 5.82 Å². The van der Waals surface area contributed by atoms with Crippen LogP contribution in [0.25, 0.3) is 11.5 Å². The predicted molar refractivity (Wildman–Crippen MR) is 93.9 cm³/mol. The summed E-state index contributed by atoms with van der Waals surface area (Å²) in [5.41, 5.74) is 1.15. The molecule has 26 heavy (non-hydrogen) atoms. The number of carbonyl (C=O) groups excluding carboxylic acids is 1. The van der Waals surface area contributed by atoms with Gasteiger partial charge in [-0.3, -0.25) is 4.79 Å². The minimum atomic E-state index is -0.425. The van der Waals surface area contributed by atoms with Crippen LogP contribution >= 0.6 is 11.6 Å². The van der Waals surface area contributed by atoms with E-state index in [1.165, 1.54) is 6.07 Å². The molecule has 2 heterocycles. The zero-order chi connectivity index (χ0) is 18.1. The molecule has 1 aliphatic rings. The van der Waals surface area contributed by atoms with Gasteiger partial charge in [0.15, 0.2) is 5.82 Å². The van der Waals surface area contributed by atoms with Crippen molar-refractivity contribution in [2.75, 3.05) is 6.54 Å². The van der Waals surface area contributed by atoms with Crippen LogP contribution in [0.2, 0.25) is 5.02 Å². The van der Waals surface area contributed by atoms with Crippen molar-refractivity contribution < 1.29 is 13.7 Å². The van der Waals surface area contributed by atoms with E-state index in [2.05, 4.69) is 10.1 Å². The molecule has 0 radical (unpaired) electrons. The zero-order valence-corrected chi connectivity index (χ0v) is 14.5. The first kappa shape index (κ1) is 16.7. The van der Waals surface area contributed by atoms with Crippen molar-refractivity contribution in [3.05, 3.63) is 70.8 Å². The van der Waals surface area contributed by atoms with Gasteiger partial charge in [0.2, 0.25) is 5.91 Å². The number of benzene rings is 2. The fraction of sp³-hybridized carbons (Fsp3) is 0.211. The summed E-state index contributed by atoms with van der Waals surface area (Å²) in [6.07, 6.45) is 0.292. The Morgan fingerprint density at radius 2 is 1.96 bits per heavy atom. The molecule has 132 valence electrons. The standard InChI is InChI=1S/C19H15ClFN3O2/c20-15-7-3-1-5-12(15)10-24-11-13(9-17(24)25)18-22-19(26-23-18)14-6-2-4-8-16(14)21/h1-8,13H,9-11H2. The molecule has 1 unspecified atom stereocenters. The quantitative estimate of drug-likeness (QED) is 0.694. The Morgan fingerprint density at radius 3 is 2.77 bits per heavy atom. The maximum atomic E-state index is 13.9. The molecule has 1 amide bonds. The largest absolute Gasteiger partial charge is 0.338 e. The fourth-order valence-corrected chi connectivity index (χ4v) is 3.27. The van der Waals surface area contributed by atoms with Crippen molar-refractivity contribution in [3.8, 4) is 11.5 Å². The van der Waals surface area contributed by atoms with Crippen molar-refractivity contribution in [3.63, 3.8) is 0 Å². The van der Waals surface area contributed by atoms with E-state index < -0.39 is 5.82 Å². The molecule has 1 atom stereocenters. The molecular formula is C19H15ClFN3O2. The highest BCUT2D eigenvalue weighted by Gasteiger charge is 2.34. The zero-order valence-electron chi connectivity index (χ0n) is 13.7. The lowest BCUT2D eigenvalue weighted by molar-refractivity contribution is -0.128. The first-order valence-electron chi connectivity index (χ1n) is 8.21. The number of aromatic nitrogens is 2. The van der Waals surface area contributed by atoms with Crippen LogP contribution in [0.1, 0.15) is 23.7 Å². The highest BCUT2D eigenvalue weighted by Crippen LogP contribution is 2.30. The van der Waals surface area contributed by atoms with E-state index in [4.69, 9.17) is 16.1 Å². The second-order valence-corrected chi connectivity index (χ2v) is 6.61. The fourth-order valence-electron chi connectivity index (χ4n) is 3.07. The Labute approximate surface area is 154 Å². The van der Waals surface area contributed by atoms with Crippen LogP contribution in [0.15, 0.2) is 53.1 Å². The summed E-state index contributed by atoms with van der Waals surface area (Å²) < 4.78 is 19.1. The minimum absolute atomic E-state index is 0.00663. The molecule has 2 aromatic carbocycles. The van der Waals surface area contributed by atoms with Gasteiger partial charge in [-0.05, 0) is 23.8 Å². The molecule has 4 rings (SSSR count). The average Bonchev–Trinajstić information content (AvgIpc) is 3.25. The summed E-state index contributed by atoms with van der Waals surface area (Å²) >= 11 is 6.18. The smallest absolute Gasteiger partial charge is 0.260 e. The molecular weight excluding hydrogens is 357 g/mol. The summed E-state index contributed by atoms with van der Waals surface area (Å²) in [6, 6.07) is 13.6. The first-order valence-corrected chi connectivity index (χ1v) is 8.59. The van der Waals surface area contributed by atoms with Crippen LogP contribution in [0.4, 0.5) is 4.39 Å². The maximum absolute atomic E-state index is 13.9. The van der Waals surface area contributed by atoms with Crippen LogP contribution in [-0.2, 0) is 11.3 Å². The highest BCUT2D eigenvalue weighted by molar-refractivity contribution is 6.31. The van der Waals surface area contributed by atoms with Gasteiger partial charge < -0.3 is 9.42 Å². The number of halogens is 2. The highest BCUT2D eigenvalue weighted by atomic mass is 35.5. The predicted octanol–water partition coefficient (Wildman–Crippen LogP) is 4.05. The van der Waals surface area contributed by atoms with E-state index in [0.29, 0.717) is 30.4 Å². The van der Waals surface area contributed by atoms with Crippen LogP contribution in [0.3, 0.4) is 0 Å². The van der Waals surface area contributed by atoms with Gasteiger partial charge in [0, 0.05) is 30.5 Å². The monoisotopic (exact) mass is 371 g/mol. The number of amides is 1. The molecule has 5 nitrogen and oxygen atoms in total. The summed E-state index contributed by atoms with van der Waals surface area (Å²) in [5, 5.41) is 4.58. The summed E-state index contributed by atoms with van der Waals surface area (Å²) in [4.78, 5) is 18.4. The third kappa shape index (κ3) is 3.20. The van der Waals surface area contributed by atoms with E-state index in [1.54, 1.807) is 29.2 Å². The number of likely N-dealkylation sites (tertiary alicyclic amines) is 1. The lowest BCUT2D eigenvalue weighted by Crippen LogP contribution is -2.24. The molecule has 0 aliphatic carbocycles. The normalized spacial score (nSPS) is 17.1. The van der Waals surface area contributed by atoms with Crippen molar-refractivity contribution in [1.82, 2.24) is 15.0 Å².